The summed E-state index contributed by atoms with van der Waals surface area (Å²) in [5, 5.41) is 6.94. The van der Waals surface area contributed by atoms with Crippen LogP contribution in [0.15, 0.2) is 85.2 Å². The van der Waals surface area contributed by atoms with Crippen LogP contribution >= 0.6 is 0 Å². The van der Waals surface area contributed by atoms with E-state index in [2.05, 4.69) is 33.3 Å². The first-order chi connectivity index (χ1) is 18.2. The smallest absolute Gasteiger partial charge is 0.252 e. The van der Waals surface area contributed by atoms with Crippen LogP contribution in [0, 0.1) is 5.82 Å². The standard InChI is InChI=1S/C29H25FN6O/c30-24-11-9-21(10-12-24)27-33-28(36(34-27)29-31-15-4-16-32-29)22-13-17-35(18-14-22)26(37)19-23-7-3-6-20-5-1-2-8-25(20)23/h1-12,15-16,22H,13-14,17-19H2. The average molecular weight is 493 g/mol. The van der Waals surface area contributed by atoms with Gasteiger partial charge in [-0.25, -0.2) is 19.3 Å². The largest absolute Gasteiger partial charge is 0.342 e. The summed E-state index contributed by atoms with van der Waals surface area (Å²) in [5.74, 6) is 1.61. The molecule has 1 saturated heterocycles. The number of piperidine rings is 1. The molecule has 2 aromatic heterocycles. The van der Waals surface area contributed by atoms with Gasteiger partial charge in [0.15, 0.2) is 5.82 Å². The highest BCUT2D eigenvalue weighted by Crippen LogP contribution is 2.30. The number of nitrogens with zero attached hydrogens (tertiary/aromatic N) is 6. The second kappa shape index (κ2) is 9.89. The topological polar surface area (TPSA) is 76.8 Å². The molecule has 1 fully saturated rings. The summed E-state index contributed by atoms with van der Waals surface area (Å²) < 4.78 is 15.1. The summed E-state index contributed by atoms with van der Waals surface area (Å²) in [6, 6.07) is 22.2. The van der Waals surface area contributed by atoms with E-state index in [4.69, 9.17) is 4.98 Å². The van der Waals surface area contributed by atoms with Gasteiger partial charge in [-0.15, -0.1) is 5.10 Å². The van der Waals surface area contributed by atoms with Gasteiger partial charge < -0.3 is 4.90 Å². The van der Waals surface area contributed by atoms with Crippen molar-refractivity contribution in [1.82, 2.24) is 29.6 Å². The van der Waals surface area contributed by atoms with Gasteiger partial charge in [0.05, 0.1) is 6.42 Å². The van der Waals surface area contributed by atoms with Crippen molar-refractivity contribution >= 4 is 16.7 Å². The Morgan fingerprint density at radius 3 is 2.41 bits per heavy atom. The third kappa shape index (κ3) is 4.70. The third-order valence-corrected chi connectivity index (χ3v) is 6.91. The molecule has 0 N–H and O–H groups in total. The van der Waals surface area contributed by atoms with Gasteiger partial charge in [0, 0.05) is 37.0 Å². The lowest BCUT2D eigenvalue weighted by atomic mass is 9.95. The van der Waals surface area contributed by atoms with E-state index in [9.17, 15) is 9.18 Å². The number of fused-ring (bicyclic) bond motifs is 1. The van der Waals surface area contributed by atoms with Gasteiger partial charge >= 0.3 is 0 Å². The lowest BCUT2D eigenvalue weighted by Crippen LogP contribution is -2.39. The summed E-state index contributed by atoms with van der Waals surface area (Å²) in [4.78, 5) is 28.7. The molecule has 0 aliphatic carbocycles. The minimum Gasteiger partial charge on any atom is -0.342 e. The summed E-state index contributed by atoms with van der Waals surface area (Å²) in [6.45, 7) is 1.28. The van der Waals surface area contributed by atoms with Crippen LogP contribution in [0.2, 0.25) is 0 Å². The summed E-state index contributed by atoms with van der Waals surface area (Å²) >= 11 is 0. The van der Waals surface area contributed by atoms with Crippen LogP contribution in [-0.4, -0.2) is 48.6 Å². The maximum Gasteiger partial charge on any atom is 0.252 e. The summed E-state index contributed by atoms with van der Waals surface area (Å²) in [5.41, 5.74) is 1.77. The summed E-state index contributed by atoms with van der Waals surface area (Å²) in [7, 11) is 0. The Morgan fingerprint density at radius 2 is 1.62 bits per heavy atom. The third-order valence-electron chi connectivity index (χ3n) is 6.91. The molecular formula is C29H25FN6O. The second-order valence-electron chi connectivity index (χ2n) is 9.23. The van der Waals surface area contributed by atoms with Gasteiger partial charge in [0.2, 0.25) is 5.91 Å². The maximum atomic E-state index is 13.5. The summed E-state index contributed by atoms with van der Waals surface area (Å²) in [6.07, 6.45) is 5.24. The monoisotopic (exact) mass is 492 g/mol. The van der Waals surface area contributed by atoms with Gasteiger partial charge in [-0.05, 0) is 59.5 Å². The molecule has 0 radical (unpaired) electrons. The molecule has 0 bridgehead atoms. The second-order valence-corrected chi connectivity index (χ2v) is 9.23. The van der Waals surface area contributed by atoms with E-state index in [1.165, 1.54) is 12.1 Å². The first-order valence-corrected chi connectivity index (χ1v) is 12.4. The van der Waals surface area contributed by atoms with Crippen LogP contribution in [-0.2, 0) is 11.2 Å². The molecule has 8 heteroatoms. The molecule has 3 aromatic carbocycles. The van der Waals surface area contributed by atoms with Gasteiger partial charge in [0.1, 0.15) is 11.6 Å². The Kier molecular flexibility index (Phi) is 6.14. The molecule has 5 aromatic rings. The molecule has 0 unspecified atom stereocenters. The van der Waals surface area contributed by atoms with E-state index < -0.39 is 0 Å². The molecule has 1 aliphatic rings. The van der Waals surface area contributed by atoms with Crippen molar-refractivity contribution in [2.24, 2.45) is 0 Å². The van der Waals surface area contributed by atoms with Crippen molar-refractivity contribution in [3.05, 3.63) is 102 Å². The van der Waals surface area contributed by atoms with Gasteiger partial charge in [0.25, 0.3) is 5.95 Å². The van der Waals surface area contributed by atoms with Crippen LogP contribution in [0.5, 0.6) is 0 Å². The highest BCUT2D eigenvalue weighted by molar-refractivity contribution is 5.90. The minimum absolute atomic E-state index is 0.0899. The minimum atomic E-state index is -0.310. The fourth-order valence-corrected chi connectivity index (χ4v) is 4.97. The van der Waals surface area contributed by atoms with E-state index in [1.54, 1.807) is 35.3 Å². The lowest BCUT2D eigenvalue weighted by molar-refractivity contribution is -0.131. The van der Waals surface area contributed by atoms with Crippen molar-refractivity contribution in [3.8, 4) is 17.3 Å². The Morgan fingerprint density at radius 1 is 0.892 bits per heavy atom. The van der Waals surface area contributed by atoms with Crippen molar-refractivity contribution < 1.29 is 9.18 Å². The Hall–Kier alpha value is -4.46. The Labute approximate surface area is 213 Å². The molecule has 1 aliphatic heterocycles. The number of benzene rings is 3. The number of carbonyl (C=O) groups is 1. The number of halogens is 1. The van der Waals surface area contributed by atoms with Gasteiger partial charge in [-0.1, -0.05) is 42.5 Å². The van der Waals surface area contributed by atoms with Crippen LogP contribution in [0.1, 0.15) is 30.1 Å². The number of rotatable bonds is 5. The van der Waals surface area contributed by atoms with E-state index in [0.29, 0.717) is 31.3 Å². The zero-order chi connectivity index (χ0) is 25.2. The van der Waals surface area contributed by atoms with Crippen LogP contribution in [0.3, 0.4) is 0 Å². The van der Waals surface area contributed by atoms with Crippen molar-refractivity contribution in [1.29, 1.82) is 0 Å². The normalized spacial score (nSPS) is 14.2. The number of hydrogen-bond acceptors (Lipinski definition) is 5. The fourth-order valence-electron chi connectivity index (χ4n) is 4.97. The Balaban J connectivity index is 1.21. The molecule has 7 nitrogen and oxygen atoms in total. The van der Waals surface area contributed by atoms with E-state index in [1.807, 2.05) is 29.2 Å². The van der Waals surface area contributed by atoms with Gasteiger partial charge in [-0.2, -0.15) is 4.68 Å². The molecule has 6 rings (SSSR count). The number of aromatic nitrogens is 5. The molecule has 3 heterocycles. The first-order valence-electron chi connectivity index (χ1n) is 12.4. The SMILES string of the molecule is O=C(Cc1cccc2ccccc12)N1CCC(c2nc(-c3ccc(F)cc3)nn2-c2ncccn2)CC1. The zero-order valence-corrected chi connectivity index (χ0v) is 20.2. The molecular weight excluding hydrogens is 467 g/mol. The quantitative estimate of drug-likeness (QED) is 0.346. The van der Waals surface area contributed by atoms with Crippen LogP contribution in [0.25, 0.3) is 28.1 Å². The van der Waals surface area contributed by atoms with Gasteiger partial charge in [-0.3, -0.25) is 4.79 Å². The molecule has 184 valence electrons. The number of likely N-dealkylation sites (tertiary alicyclic amines) is 1. The number of hydrogen-bond donors (Lipinski definition) is 0. The first kappa shape index (κ1) is 23.0. The Bertz CT molecular complexity index is 1540. The molecule has 0 spiro atoms. The van der Waals surface area contributed by atoms with E-state index in [0.717, 1.165) is 40.6 Å². The van der Waals surface area contributed by atoms with Crippen LogP contribution in [0.4, 0.5) is 4.39 Å². The fraction of sp³-hybridized carbons (Fsp3) is 0.207. The van der Waals surface area contributed by atoms with Crippen molar-refractivity contribution in [3.63, 3.8) is 0 Å². The number of carbonyl (C=O) groups excluding carboxylic acids is 1. The maximum absolute atomic E-state index is 13.5. The lowest BCUT2D eigenvalue weighted by Gasteiger charge is -2.31. The molecule has 0 atom stereocenters. The van der Waals surface area contributed by atoms with E-state index >= 15 is 0 Å². The number of amides is 1. The zero-order valence-electron chi connectivity index (χ0n) is 20.2. The van der Waals surface area contributed by atoms with Crippen molar-refractivity contribution in [2.75, 3.05) is 13.1 Å². The highest BCUT2D eigenvalue weighted by atomic mass is 19.1. The predicted molar refractivity (Wildman–Crippen MR) is 139 cm³/mol. The van der Waals surface area contributed by atoms with Crippen molar-refractivity contribution in [2.45, 2.75) is 25.2 Å². The predicted octanol–water partition coefficient (Wildman–Crippen LogP) is 4.97. The molecule has 37 heavy (non-hydrogen) atoms. The average Bonchev–Trinajstić information content (AvgIpc) is 3.40. The highest BCUT2D eigenvalue weighted by Gasteiger charge is 2.29. The van der Waals surface area contributed by atoms with E-state index in [-0.39, 0.29) is 17.6 Å². The molecule has 0 saturated carbocycles. The van der Waals surface area contributed by atoms with Crippen LogP contribution < -0.4 is 0 Å². The molecule has 1 amide bonds.